The van der Waals surface area contributed by atoms with E-state index in [4.69, 9.17) is 5.73 Å². The first-order valence-electron chi connectivity index (χ1n) is 6.40. The predicted molar refractivity (Wildman–Crippen MR) is 76.7 cm³/mol. The molecule has 2 aromatic rings. The molecule has 0 aliphatic heterocycles. The van der Waals surface area contributed by atoms with Gasteiger partial charge >= 0.3 is 0 Å². The van der Waals surface area contributed by atoms with Gasteiger partial charge in [0.1, 0.15) is 0 Å². The fourth-order valence-electron chi connectivity index (χ4n) is 1.91. The van der Waals surface area contributed by atoms with Crippen molar-refractivity contribution in [3.63, 3.8) is 0 Å². The molecular weight excluding hydrogens is 224 g/mol. The fourth-order valence-corrected chi connectivity index (χ4v) is 1.91. The van der Waals surface area contributed by atoms with Crippen LogP contribution in [-0.2, 0) is 6.54 Å². The van der Waals surface area contributed by atoms with Crippen molar-refractivity contribution >= 4 is 17.0 Å². The van der Waals surface area contributed by atoms with Crippen LogP contribution in [0.4, 0.5) is 5.95 Å². The first-order valence-corrected chi connectivity index (χ1v) is 6.40. The second-order valence-electron chi connectivity index (χ2n) is 5.78. The van der Waals surface area contributed by atoms with E-state index in [1.165, 1.54) is 0 Å². The van der Waals surface area contributed by atoms with Gasteiger partial charge in [0.05, 0.1) is 11.0 Å². The van der Waals surface area contributed by atoms with Gasteiger partial charge in [-0.1, -0.05) is 32.9 Å². The smallest absolute Gasteiger partial charge is 0.203 e. The van der Waals surface area contributed by atoms with Crippen LogP contribution in [0.1, 0.15) is 20.8 Å². The minimum absolute atomic E-state index is 0.228. The number of aromatic nitrogens is 2. The molecule has 18 heavy (non-hydrogen) atoms. The molecule has 0 bridgehead atoms. The Hall–Kier alpha value is -1.55. The molecule has 1 aromatic heterocycles. The zero-order valence-corrected chi connectivity index (χ0v) is 11.4. The summed E-state index contributed by atoms with van der Waals surface area (Å²) in [6.45, 7) is 8.90. The van der Waals surface area contributed by atoms with Crippen LogP contribution in [0.5, 0.6) is 0 Å². The van der Waals surface area contributed by atoms with E-state index in [0.29, 0.717) is 6.54 Å². The van der Waals surface area contributed by atoms with E-state index in [2.05, 4.69) is 41.7 Å². The SMILES string of the molecule is CC(C)(C)CNc1nc2ccccc2n1CCN. The Labute approximate surface area is 108 Å². The topological polar surface area (TPSA) is 55.9 Å². The third-order valence-corrected chi connectivity index (χ3v) is 2.78. The molecule has 0 fully saturated rings. The molecule has 1 aromatic carbocycles. The lowest BCUT2D eigenvalue weighted by molar-refractivity contribution is 0.441. The summed E-state index contributed by atoms with van der Waals surface area (Å²) < 4.78 is 2.15. The number of hydrogen-bond acceptors (Lipinski definition) is 3. The molecule has 2 rings (SSSR count). The standard InChI is InChI=1S/C14H22N4/c1-14(2,3)10-16-13-17-11-6-4-5-7-12(11)18(13)9-8-15/h4-7H,8-10,15H2,1-3H3,(H,16,17). The molecule has 0 unspecified atom stereocenters. The summed E-state index contributed by atoms with van der Waals surface area (Å²) in [5.41, 5.74) is 8.07. The summed E-state index contributed by atoms with van der Waals surface area (Å²) in [5, 5.41) is 3.42. The highest BCUT2D eigenvalue weighted by Gasteiger charge is 2.13. The molecule has 98 valence electrons. The number of nitrogens with two attached hydrogens (primary N) is 1. The van der Waals surface area contributed by atoms with Gasteiger partial charge in [-0.2, -0.15) is 0 Å². The maximum atomic E-state index is 5.69. The number of hydrogen-bond donors (Lipinski definition) is 2. The molecule has 0 atom stereocenters. The highest BCUT2D eigenvalue weighted by Crippen LogP contribution is 2.21. The van der Waals surface area contributed by atoms with Crippen LogP contribution in [0.3, 0.4) is 0 Å². The minimum Gasteiger partial charge on any atom is -0.355 e. The number of para-hydroxylation sites is 2. The fraction of sp³-hybridized carbons (Fsp3) is 0.500. The van der Waals surface area contributed by atoms with Crippen molar-refractivity contribution in [3.8, 4) is 0 Å². The highest BCUT2D eigenvalue weighted by atomic mass is 15.2. The Kier molecular flexibility index (Phi) is 3.57. The van der Waals surface area contributed by atoms with Crippen molar-refractivity contribution < 1.29 is 0 Å². The predicted octanol–water partition coefficient (Wildman–Crippen LogP) is 2.45. The van der Waals surface area contributed by atoms with Crippen molar-refractivity contribution in [3.05, 3.63) is 24.3 Å². The lowest BCUT2D eigenvalue weighted by Gasteiger charge is -2.19. The Morgan fingerprint density at radius 1 is 1.28 bits per heavy atom. The number of imidazole rings is 1. The molecule has 0 amide bonds. The second-order valence-corrected chi connectivity index (χ2v) is 5.78. The molecule has 4 heteroatoms. The van der Waals surface area contributed by atoms with Crippen molar-refractivity contribution in [1.82, 2.24) is 9.55 Å². The average molecular weight is 246 g/mol. The number of rotatable bonds is 4. The van der Waals surface area contributed by atoms with Gasteiger partial charge in [0.2, 0.25) is 5.95 Å². The van der Waals surface area contributed by atoms with Crippen LogP contribution in [0, 0.1) is 5.41 Å². The summed E-state index contributed by atoms with van der Waals surface area (Å²) in [5.74, 6) is 0.913. The summed E-state index contributed by atoms with van der Waals surface area (Å²) >= 11 is 0. The zero-order chi connectivity index (χ0) is 13.2. The van der Waals surface area contributed by atoms with E-state index in [1.807, 2.05) is 18.2 Å². The second kappa shape index (κ2) is 4.98. The van der Waals surface area contributed by atoms with Gasteiger partial charge in [0, 0.05) is 19.6 Å². The van der Waals surface area contributed by atoms with E-state index in [1.54, 1.807) is 0 Å². The van der Waals surface area contributed by atoms with Gasteiger partial charge in [-0.15, -0.1) is 0 Å². The molecule has 0 radical (unpaired) electrons. The Bertz CT molecular complexity index is 522. The number of nitrogens with one attached hydrogen (secondary N) is 1. The summed E-state index contributed by atoms with van der Waals surface area (Å²) in [4.78, 5) is 4.63. The van der Waals surface area contributed by atoms with Gasteiger partial charge in [-0.25, -0.2) is 4.98 Å². The third kappa shape index (κ3) is 2.82. The zero-order valence-electron chi connectivity index (χ0n) is 11.4. The quantitative estimate of drug-likeness (QED) is 0.871. The molecule has 0 saturated carbocycles. The van der Waals surface area contributed by atoms with Gasteiger partial charge in [0.15, 0.2) is 0 Å². The van der Waals surface area contributed by atoms with Crippen LogP contribution < -0.4 is 11.1 Å². The maximum Gasteiger partial charge on any atom is 0.203 e. The molecule has 4 nitrogen and oxygen atoms in total. The van der Waals surface area contributed by atoms with Crippen LogP contribution in [0.15, 0.2) is 24.3 Å². The number of nitrogens with zero attached hydrogens (tertiary/aromatic N) is 2. The molecule has 0 aliphatic carbocycles. The first kappa shape index (κ1) is 12.9. The summed E-state index contributed by atoms with van der Waals surface area (Å²) in [6, 6.07) is 8.16. The molecule has 3 N–H and O–H groups in total. The lowest BCUT2D eigenvalue weighted by atomic mass is 9.97. The van der Waals surface area contributed by atoms with Gasteiger partial charge < -0.3 is 15.6 Å². The van der Waals surface area contributed by atoms with E-state index < -0.39 is 0 Å². The Balaban J connectivity index is 2.33. The van der Waals surface area contributed by atoms with E-state index >= 15 is 0 Å². The molecule has 1 heterocycles. The van der Waals surface area contributed by atoms with E-state index in [-0.39, 0.29) is 5.41 Å². The van der Waals surface area contributed by atoms with E-state index in [9.17, 15) is 0 Å². The van der Waals surface area contributed by atoms with Gasteiger partial charge in [-0.3, -0.25) is 0 Å². The summed E-state index contributed by atoms with van der Waals surface area (Å²) in [7, 11) is 0. The number of fused-ring (bicyclic) bond motifs is 1. The normalized spacial score (nSPS) is 12.0. The molecule has 0 spiro atoms. The largest absolute Gasteiger partial charge is 0.355 e. The Morgan fingerprint density at radius 2 is 2.00 bits per heavy atom. The number of benzene rings is 1. The van der Waals surface area contributed by atoms with Crippen LogP contribution in [0.2, 0.25) is 0 Å². The van der Waals surface area contributed by atoms with E-state index in [0.717, 1.165) is 30.1 Å². The van der Waals surface area contributed by atoms with Crippen molar-refractivity contribution in [2.75, 3.05) is 18.4 Å². The third-order valence-electron chi connectivity index (χ3n) is 2.78. The average Bonchev–Trinajstić information content (AvgIpc) is 2.65. The molecule has 0 saturated heterocycles. The summed E-state index contributed by atoms with van der Waals surface area (Å²) in [6.07, 6.45) is 0. The highest BCUT2D eigenvalue weighted by molar-refractivity contribution is 5.78. The van der Waals surface area contributed by atoms with Crippen molar-refractivity contribution in [1.29, 1.82) is 0 Å². The minimum atomic E-state index is 0.228. The maximum absolute atomic E-state index is 5.69. The molecular formula is C14H22N4. The number of anilines is 1. The molecule has 0 aliphatic rings. The first-order chi connectivity index (χ1) is 8.51. The van der Waals surface area contributed by atoms with Gasteiger partial charge in [-0.05, 0) is 17.5 Å². The van der Waals surface area contributed by atoms with Crippen molar-refractivity contribution in [2.45, 2.75) is 27.3 Å². The van der Waals surface area contributed by atoms with Gasteiger partial charge in [0.25, 0.3) is 0 Å². The van der Waals surface area contributed by atoms with Crippen molar-refractivity contribution in [2.24, 2.45) is 11.1 Å². The van der Waals surface area contributed by atoms with Crippen LogP contribution >= 0.6 is 0 Å². The van der Waals surface area contributed by atoms with Crippen LogP contribution in [0.25, 0.3) is 11.0 Å². The monoisotopic (exact) mass is 246 g/mol. The van der Waals surface area contributed by atoms with Crippen LogP contribution in [-0.4, -0.2) is 22.6 Å². The Morgan fingerprint density at radius 3 is 2.67 bits per heavy atom. The lowest BCUT2D eigenvalue weighted by Crippen LogP contribution is -2.22.